The van der Waals surface area contributed by atoms with Gasteiger partial charge in [-0.3, -0.25) is 0 Å². The van der Waals surface area contributed by atoms with E-state index >= 15 is 0 Å². The van der Waals surface area contributed by atoms with E-state index in [0.717, 1.165) is 24.8 Å². The van der Waals surface area contributed by atoms with Crippen LogP contribution in [0.25, 0.3) is 0 Å². The van der Waals surface area contributed by atoms with Crippen molar-refractivity contribution in [2.45, 2.75) is 50.0 Å². The van der Waals surface area contributed by atoms with Crippen molar-refractivity contribution < 1.29 is 8.42 Å². The summed E-state index contributed by atoms with van der Waals surface area (Å²) in [6.45, 7) is 2.51. The highest BCUT2D eigenvalue weighted by Crippen LogP contribution is 2.39. The second-order valence-electron chi connectivity index (χ2n) is 6.03. The van der Waals surface area contributed by atoms with Crippen LogP contribution in [0, 0.1) is 12.8 Å². The zero-order valence-electron chi connectivity index (χ0n) is 11.9. The summed E-state index contributed by atoms with van der Waals surface area (Å²) in [7, 11) is -3.38. The summed E-state index contributed by atoms with van der Waals surface area (Å²) in [5, 5.41) is 0. The van der Waals surface area contributed by atoms with E-state index in [1.54, 1.807) is 22.5 Å². The molecule has 1 saturated carbocycles. The van der Waals surface area contributed by atoms with Crippen molar-refractivity contribution in [2.75, 3.05) is 12.3 Å². The highest BCUT2D eigenvalue weighted by atomic mass is 32.2. The van der Waals surface area contributed by atoms with Gasteiger partial charge in [-0.1, -0.05) is 6.42 Å². The van der Waals surface area contributed by atoms with Gasteiger partial charge in [0.25, 0.3) is 0 Å². The van der Waals surface area contributed by atoms with Gasteiger partial charge >= 0.3 is 0 Å². The van der Waals surface area contributed by atoms with Crippen LogP contribution in [-0.4, -0.2) is 25.3 Å². The van der Waals surface area contributed by atoms with Gasteiger partial charge in [0.15, 0.2) is 0 Å². The third kappa shape index (κ3) is 2.23. The zero-order chi connectivity index (χ0) is 14.3. The highest BCUT2D eigenvalue weighted by Gasteiger charge is 2.41. The first-order valence-corrected chi connectivity index (χ1v) is 8.82. The van der Waals surface area contributed by atoms with Crippen LogP contribution in [0.2, 0.25) is 0 Å². The number of sulfonamides is 1. The molecule has 5 heteroatoms. The lowest BCUT2D eigenvalue weighted by Crippen LogP contribution is -2.46. The van der Waals surface area contributed by atoms with Gasteiger partial charge in [0.1, 0.15) is 0 Å². The second kappa shape index (κ2) is 5.04. The van der Waals surface area contributed by atoms with Crippen LogP contribution in [0.5, 0.6) is 0 Å². The molecule has 0 spiro atoms. The summed E-state index contributed by atoms with van der Waals surface area (Å²) in [4.78, 5) is 0.386. The Morgan fingerprint density at radius 3 is 2.70 bits per heavy atom. The molecule has 20 heavy (non-hydrogen) atoms. The van der Waals surface area contributed by atoms with E-state index < -0.39 is 10.0 Å². The van der Waals surface area contributed by atoms with Gasteiger partial charge in [-0.15, -0.1) is 0 Å². The van der Waals surface area contributed by atoms with Crippen molar-refractivity contribution >= 4 is 15.7 Å². The van der Waals surface area contributed by atoms with Crippen LogP contribution in [-0.2, 0) is 10.0 Å². The van der Waals surface area contributed by atoms with Crippen LogP contribution in [0.4, 0.5) is 5.69 Å². The topological polar surface area (TPSA) is 63.4 Å². The van der Waals surface area contributed by atoms with E-state index in [2.05, 4.69) is 0 Å². The number of hydrogen-bond donors (Lipinski definition) is 1. The van der Waals surface area contributed by atoms with Crippen LogP contribution in [0.15, 0.2) is 23.1 Å². The number of hydrogen-bond acceptors (Lipinski definition) is 3. The average molecular weight is 294 g/mol. The average Bonchev–Trinajstić information content (AvgIpc) is 2.89. The minimum Gasteiger partial charge on any atom is -0.399 e. The second-order valence-corrected chi connectivity index (χ2v) is 7.93. The first-order valence-electron chi connectivity index (χ1n) is 7.38. The molecule has 2 atom stereocenters. The van der Waals surface area contributed by atoms with Crippen LogP contribution < -0.4 is 5.73 Å². The SMILES string of the molecule is Cc1cc(S(=O)(=O)N2CCCC3CCCC32)ccc1N. The quantitative estimate of drug-likeness (QED) is 0.853. The fourth-order valence-electron chi connectivity index (χ4n) is 3.65. The first kappa shape index (κ1) is 13.9. The molecule has 110 valence electrons. The standard InChI is InChI=1S/C15H22N2O2S/c1-11-10-13(7-8-14(11)16)20(18,19)17-9-3-5-12-4-2-6-15(12)17/h7-8,10,12,15H,2-6,9,16H2,1H3. The van der Waals surface area contributed by atoms with Crippen molar-refractivity contribution in [3.05, 3.63) is 23.8 Å². The van der Waals surface area contributed by atoms with Crippen molar-refractivity contribution in [3.63, 3.8) is 0 Å². The summed E-state index contributed by atoms with van der Waals surface area (Å²) in [5.74, 6) is 0.563. The first-order chi connectivity index (χ1) is 9.50. The molecule has 2 N–H and O–H groups in total. The molecule has 0 aromatic heterocycles. The maximum Gasteiger partial charge on any atom is 0.243 e. The minimum absolute atomic E-state index is 0.214. The molecule has 1 aromatic rings. The lowest BCUT2D eigenvalue weighted by atomic mass is 9.94. The van der Waals surface area contributed by atoms with Gasteiger partial charge in [-0.25, -0.2) is 8.42 Å². The zero-order valence-corrected chi connectivity index (χ0v) is 12.7. The number of aryl methyl sites for hydroxylation is 1. The molecule has 2 aliphatic rings. The van der Waals surface area contributed by atoms with Gasteiger partial charge in [-0.05, 0) is 62.3 Å². The maximum absolute atomic E-state index is 12.9. The Morgan fingerprint density at radius 2 is 1.95 bits per heavy atom. The predicted octanol–water partition coefficient (Wildman–Crippen LogP) is 2.53. The van der Waals surface area contributed by atoms with Crippen LogP contribution >= 0.6 is 0 Å². The Morgan fingerprint density at radius 1 is 1.20 bits per heavy atom. The van der Waals surface area contributed by atoms with Crippen molar-refractivity contribution in [1.82, 2.24) is 4.31 Å². The molecule has 0 bridgehead atoms. The smallest absolute Gasteiger partial charge is 0.243 e. The Bertz CT molecular complexity index is 612. The summed E-state index contributed by atoms with van der Waals surface area (Å²) in [5.41, 5.74) is 7.25. The number of nitrogens with zero attached hydrogens (tertiary/aromatic N) is 1. The molecule has 1 saturated heterocycles. The van der Waals surface area contributed by atoms with E-state index in [4.69, 9.17) is 5.73 Å². The minimum atomic E-state index is -3.38. The number of anilines is 1. The Balaban J connectivity index is 1.96. The van der Waals surface area contributed by atoms with E-state index in [0.29, 0.717) is 23.0 Å². The molecule has 1 aliphatic heterocycles. The number of fused-ring (bicyclic) bond motifs is 1. The number of rotatable bonds is 2. The molecule has 0 radical (unpaired) electrons. The fraction of sp³-hybridized carbons (Fsp3) is 0.600. The van der Waals surface area contributed by atoms with Gasteiger partial charge < -0.3 is 5.73 Å². The normalized spacial score (nSPS) is 27.4. The maximum atomic E-state index is 12.9. The lowest BCUT2D eigenvalue weighted by molar-refractivity contribution is 0.202. The largest absolute Gasteiger partial charge is 0.399 e. The molecule has 2 unspecified atom stereocenters. The molecule has 3 rings (SSSR count). The highest BCUT2D eigenvalue weighted by molar-refractivity contribution is 7.89. The molecule has 1 aromatic carbocycles. The van der Waals surface area contributed by atoms with Crippen LogP contribution in [0.3, 0.4) is 0 Å². The summed E-state index contributed by atoms with van der Waals surface area (Å²) < 4.78 is 27.5. The summed E-state index contributed by atoms with van der Waals surface area (Å²) in [6, 6.07) is 5.24. The molecule has 1 heterocycles. The van der Waals surface area contributed by atoms with Crippen molar-refractivity contribution in [2.24, 2.45) is 5.92 Å². The molecular formula is C15H22N2O2S. The van der Waals surface area contributed by atoms with Gasteiger partial charge in [0.05, 0.1) is 4.90 Å². The summed E-state index contributed by atoms with van der Waals surface area (Å²) in [6.07, 6.45) is 5.50. The Kier molecular flexibility index (Phi) is 3.50. The van der Waals surface area contributed by atoms with E-state index in [-0.39, 0.29) is 6.04 Å². The van der Waals surface area contributed by atoms with Gasteiger partial charge in [0.2, 0.25) is 10.0 Å². The van der Waals surface area contributed by atoms with Crippen molar-refractivity contribution in [1.29, 1.82) is 0 Å². The van der Waals surface area contributed by atoms with Gasteiger partial charge in [0, 0.05) is 18.3 Å². The molecule has 0 amide bonds. The van der Waals surface area contributed by atoms with Crippen LogP contribution in [0.1, 0.15) is 37.7 Å². The van der Waals surface area contributed by atoms with Gasteiger partial charge in [-0.2, -0.15) is 4.31 Å². The molecular weight excluding hydrogens is 272 g/mol. The molecule has 4 nitrogen and oxygen atoms in total. The third-order valence-electron chi connectivity index (χ3n) is 4.79. The van der Waals surface area contributed by atoms with E-state index in [1.165, 1.54) is 12.8 Å². The number of nitrogen functional groups attached to an aromatic ring is 1. The third-order valence-corrected chi connectivity index (χ3v) is 6.71. The van der Waals surface area contributed by atoms with Crippen molar-refractivity contribution in [3.8, 4) is 0 Å². The lowest BCUT2D eigenvalue weighted by Gasteiger charge is -2.36. The fourth-order valence-corrected chi connectivity index (χ4v) is 5.49. The predicted molar refractivity (Wildman–Crippen MR) is 79.8 cm³/mol. The Hall–Kier alpha value is -1.07. The summed E-state index contributed by atoms with van der Waals surface area (Å²) >= 11 is 0. The number of nitrogens with two attached hydrogens (primary N) is 1. The van der Waals surface area contributed by atoms with E-state index in [1.807, 2.05) is 6.92 Å². The number of benzene rings is 1. The molecule has 2 fully saturated rings. The monoisotopic (exact) mass is 294 g/mol. The van der Waals surface area contributed by atoms with E-state index in [9.17, 15) is 8.42 Å². The Labute approximate surface area is 121 Å². The molecule has 1 aliphatic carbocycles. The number of piperidine rings is 1.